The second kappa shape index (κ2) is 39.3. The van der Waals surface area contributed by atoms with Crippen LogP contribution in [0.2, 0.25) is 0 Å². The lowest BCUT2D eigenvalue weighted by atomic mass is 9.88. The van der Waals surface area contributed by atoms with Crippen LogP contribution in [0, 0.1) is 18.6 Å². The molecule has 136 heavy (non-hydrogen) atoms. The van der Waals surface area contributed by atoms with Crippen LogP contribution in [0.25, 0.3) is 44.1 Å². The van der Waals surface area contributed by atoms with Crippen LogP contribution in [-0.2, 0) is 85.7 Å². The third-order valence-corrected chi connectivity index (χ3v) is 31.2. The van der Waals surface area contributed by atoms with Crippen molar-refractivity contribution in [3.8, 4) is 0 Å². The van der Waals surface area contributed by atoms with Gasteiger partial charge in [0.15, 0.2) is 0 Å². The maximum absolute atomic E-state index is 14.7. The molecule has 0 aliphatic carbocycles. The number of likely N-dealkylation sites (tertiary alicyclic amines) is 1. The summed E-state index contributed by atoms with van der Waals surface area (Å²) in [6.45, 7) is 10.7. The number of anilines is 5. The molecule has 7 N–H and O–H groups in total. The first-order valence-electron chi connectivity index (χ1n) is 43.0. The highest BCUT2D eigenvalue weighted by atomic mass is 32.2. The summed E-state index contributed by atoms with van der Waals surface area (Å²) in [6.07, 6.45) is -8.48. The van der Waals surface area contributed by atoms with Gasteiger partial charge in [-0.15, -0.1) is 0 Å². The summed E-state index contributed by atoms with van der Waals surface area (Å²) in [5.74, 6) is 12.0. The van der Waals surface area contributed by atoms with E-state index in [9.17, 15) is 98.8 Å². The standard InChI is InChI=1S/C24H27F3N4O2S.C23H24F4N4O3S.C23H26F3N7O2.C22H23F3N4O2S/c1-14-17(6-5-7-20(14)24(25,26)27)15(2)30-21-19-12-18(16-8-10-34(4,33)11-9-16)23(32)31(3)22(19)29-13-28-21;1-13(14-5-4-6-16(18(14)24)23(25,26)27)30-19-15-11-17(21(32)31(2)20(15)29-12-28-19)22(33)7-9-35(3,34)10-8-22;1-12(18-8-15(27)9-19(31-18)23(24,25)26)30-20-17-10-16(14-4-6-33(7-5-14)13(2)34)22(35)32(3)21(17)29-11-28-20;1-12(14-5-4-6-15(18(14)23)19(24)25)28-20-17-9-16(13-7-8-32(3,31)10-13)22(30)29(2)21(17)27-11-26-20/h5-7,12-13,15-16H,4,8-11H2,1-3H3,(H,28,29,30);4-6,11-13,33H,3,7-10H2,1-2H3,(H,28,29,30);8-12,14H,4-7H2,1-3H3,(H2,27,31)(H,28,29,30);4-6,9,11-13,19H,3,7-8,10H2,1-2H3,(H,26,27,28)/t15-,16?,34?;13-,22?,35?;12-;12-,13?,32?/m1111/s1. The molecule has 0 saturated carbocycles. The van der Waals surface area contributed by atoms with Crippen LogP contribution in [-0.4, -0.2) is 157 Å². The highest BCUT2D eigenvalue weighted by Crippen LogP contribution is 2.43. The van der Waals surface area contributed by atoms with Crippen LogP contribution in [0.5, 0.6) is 0 Å². The van der Waals surface area contributed by atoms with Crippen molar-refractivity contribution in [2.75, 3.05) is 74.6 Å². The number of nitrogens with two attached hydrogens (primary N) is 1. The minimum absolute atomic E-state index is 0.00702. The highest BCUT2D eigenvalue weighted by Gasteiger charge is 2.41. The zero-order valence-corrected chi connectivity index (χ0v) is 78.0. The third kappa shape index (κ3) is 21.8. The summed E-state index contributed by atoms with van der Waals surface area (Å²) in [6, 6.07) is 17.1. The number of hydrogen-bond acceptors (Lipinski definition) is 23. The molecular weight excluding hydrogens is 1860 g/mol. The van der Waals surface area contributed by atoms with Crippen molar-refractivity contribution in [2.45, 2.75) is 159 Å². The van der Waals surface area contributed by atoms with Gasteiger partial charge in [0.05, 0.1) is 73.7 Å². The van der Waals surface area contributed by atoms with Gasteiger partial charge in [-0.3, -0.25) is 54.9 Å². The molecule has 3 aromatic carbocycles. The molecule has 6 atom stereocenters. The normalized spacial score (nSPS) is 20.9. The molecule has 44 heteroatoms. The number of aryl methyl sites for hydroxylation is 4. The van der Waals surface area contributed by atoms with E-state index in [-0.39, 0.29) is 110 Å². The molecule has 4 saturated heterocycles. The van der Waals surface area contributed by atoms with E-state index in [0.717, 1.165) is 24.3 Å². The minimum Gasteiger partial charge on any atom is -0.399 e. The fourth-order valence-corrected chi connectivity index (χ4v) is 22.8. The maximum Gasteiger partial charge on any atom is 0.433 e. The van der Waals surface area contributed by atoms with Gasteiger partial charge in [-0.1, -0.05) is 42.5 Å². The fourth-order valence-electron chi connectivity index (χ4n) is 17.6. The summed E-state index contributed by atoms with van der Waals surface area (Å²) in [5, 5.41) is 25.6. The van der Waals surface area contributed by atoms with E-state index >= 15 is 0 Å². The van der Waals surface area contributed by atoms with Crippen molar-refractivity contribution in [2.24, 2.45) is 28.2 Å². The Morgan fingerprint density at radius 3 is 1.27 bits per heavy atom. The van der Waals surface area contributed by atoms with Crippen LogP contribution < -0.4 is 49.2 Å². The molecule has 1 amide bonds. The van der Waals surface area contributed by atoms with Gasteiger partial charge in [0.25, 0.3) is 28.7 Å². The Hall–Kier alpha value is -12.5. The van der Waals surface area contributed by atoms with Gasteiger partial charge in [0.2, 0.25) is 5.91 Å². The van der Waals surface area contributed by atoms with E-state index in [1.807, 2.05) is 0 Å². The monoisotopic (exact) mass is 1960 g/mol. The lowest BCUT2D eigenvalue weighted by molar-refractivity contribution is -0.141. The van der Waals surface area contributed by atoms with Crippen molar-refractivity contribution in [3.63, 3.8) is 0 Å². The van der Waals surface area contributed by atoms with Gasteiger partial charge in [-0.25, -0.2) is 62.4 Å². The van der Waals surface area contributed by atoms with Gasteiger partial charge in [0.1, 0.15) is 88.5 Å². The van der Waals surface area contributed by atoms with Crippen LogP contribution in [0.1, 0.15) is 200 Å². The van der Waals surface area contributed by atoms with E-state index in [4.69, 9.17) is 5.73 Å². The number of hydrogen-bond donors (Lipinski definition) is 6. The lowest BCUT2D eigenvalue weighted by Gasteiger charge is -2.33. The van der Waals surface area contributed by atoms with Crippen molar-refractivity contribution >= 4 is 125 Å². The molecule has 2 unspecified atom stereocenters. The summed E-state index contributed by atoms with van der Waals surface area (Å²) < 4.78 is 217. The number of fused-ring (bicyclic) bond motifs is 4. The van der Waals surface area contributed by atoms with Crippen LogP contribution in [0.15, 0.2) is 135 Å². The Bertz CT molecular complexity index is 7250. The third-order valence-electron chi connectivity index (χ3n) is 25.4. The number of aliphatic hydroxyl groups is 1. The number of carbonyl (C=O) groups excluding carboxylic acids is 1. The Morgan fingerprint density at radius 2 is 0.846 bits per heavy atom. The zero-order chi connectivity index (χ0) is 99.3. The Balaban J connectivity index is 0.000000153. The van der Waals surface area contributed by atoms with Crippen molar-refractivity contribution in [1.82, 2.24) is 68.0 Å². The average Bonchev–Trinajstić information content (AvgIpc) is 0.915. The number of aromatic nitrogens is 13. The van der Waals surface area contributed by atoms with Gasteiger partial charge in [-0.05, 0) is 197 Å². The molecule has 0 radical (unpaired) electrons. The number of carbonyl (C=O) groups is 1. The molecule has 0 bridgehead atoms. The summed E-state index contributed by atoms with van der Waals surface area (Å²) >= 11 is 0. The first-order valence-corrected chi connectivity index (χ1v) is 49.2. The van der Waals surface area contributed by atoms with Crippen LogP contribution >= 0.6 is 0 Å². The SMILES string of the molecule is C=S1(=O)CCC(O)(c2cc3c(N[C@H](C)c4cccc(C(F)(F)F)c4F)ncnc3n(C)c2=O)CC1.C=S1(=O)CCC(c2cc3c(N[C@H](C)c4cccc(C(F)(F)F)c4C)ncnc3n(C)c2=O)CC1.C=S1(=O)CCC(c2cc3c(N[C@H](C)c4cccc(C(F)F)c4F)ncnc3n(C)c2=O)C1.CC(=O)N1CCC(c2cc3c(N[C@H](C)c4cc(N)cc(C(F)(F)F)n4)ncnc3n(C)c2=O)CC1. The van der Waals surface area contributed by atoms with Crippen LogP contribution in [0.3, 0.4) is 0 Å². The Kier molecular flexibility index (Phi) is 29.2. The van der Waals surface area contributed by atoms with Gasteiger partial charge >= 0.3 is 18.5 Å². The number of nitrogen functional groups attached to an aromatic ring is 1. The molecule has 726 valence electrons. The Morgan fingerprint density at radius 1 is 0.478 bits per heavy atom. The van der Waals surface area contributed by atoms with E-state index in [1.165, 1.54) is 108 Å². The number of nitrogens with one attached hydrogen (secondary N) is 4. The first-order chi connectivity index (χ1) is 63.7. The maximum atomic E-state index is 14.7. The van der Waals surface area contributed by atoms with Crippen LogP contribution in [0.4, 0.5) is 86.0 Å². The predicted molar refractivity (Wildman–Crippen MR) is 502 cm³/mol. The van der Waals surface area contributed by atoms with E-state index < -0.39 is 123 Å². The number of rotatable bonds is 17. The molecule has 16 rings (SSSR count). The zero-order valence-electron chi connectivity index (χ0n) is 75.5. The summed E-state index contributed by atoms with van der Waals surface area (Å²) in [5.41, 5.74) is 3.06. The van der Waals surface area contributed by atoms with E-state index in [2.05, 4.69) is 83.7 Å². The van der Waals surface area contributed by atoms with Gasteiger partial charge in [0, 0.05) is 128 Å². The van der Waals surface area contributed by atoms with Crippen molar-refractivity contribution in [3.05, 3.63) is 242 Å². The molecule has 13 heterocycles. The molecule has 4 aliphatic heterocycles. The predicted octanol–water partition coefficient (Wildman–Crippen LogP) is 14.8. The average molecular weight is 1960 g/mol. The number of piperidine rings is 1. The highest BCUT2D eigenvalue weighted by molar-refractivity contribution is 8.01. The lowest BCUT2D eigenvalue weighted by Crippen LogP contribution is -2.42. The quantitative estimate of drug-likeness (QED) is 0.0364. The fraction of sp³-hybridized carbons (Fsp3) is 0.402. The number of amides is 1. The molecule has 9 aromatic heterocycles. The van der Waals surface area contributed by atoms with Crippen molar-refractivity contribution in [1.29, 1.82) is 0 Å². The van der Waals surface area contributed by atoms with Crippen molar-refractivity contribution < 1.29 is 79.6 Å². The number of pyridine rings is 5. The van der Waals surface area contributed by atoms with E-state index in [1.54, 1.807) is 71.1 Å². The molecule has 0 spiro atoms. The smallest absolute Gasteiger partial charge is 0.399 e. The molecule has 28 nitrogen and oxygen atoms in total. The molecule has 4 aliphatic rings. The summed E-state index contributed by atoms with van der Waals surface area (Å²) in [4.78, 5) is 103. The number of halogens is 13. The molecule has 12 aromatic rings. The largest absolute Gasteiger partial charge is 0.433 e. The number of alkyl halides is 11. The first kappa shape index (κ1) is 101. The Labute approximate surface area is 772 Å². The van der Waals surface area contributed by atoms with Gasteiger partial charge in [-0.2, -0.15) is 39.5 Å². The molecule has 4 fully saturated rings. The second-order valence-corrected chi connectivity index (χ2v) is 42.9. The second-order valence-electron chi connectivity index (χ2n) is 34.8. The topological polar surface area (TPSA) is 370 Å². The minimum atomic E-state index is -4.85. The molecular formula is C92H100F13N19O9S3. The number of nitrogens with zero attached hydrogens (tertiary/aromatic N) is 14. The number of benzene rings is 3. The summed E-state index contributed by atoms with van der Waals surface area (Å²) in [7, 11) is -0.295. The van der Waals surface area contributed by atoms with E-state index in [0.29, 0.717) is 152 Å². The van der Waals surface area contributed by atoms with Gasteiger partial charge < -0.3 is 37.0 Å².